The van der Waals surface area contributed by atoms with E-state index in [1.165, 1.54) is 19.4 Å². The van der Waals surface area contributed by atoms with Crippen LogP contribution in [0.25, 0.3) is 0 Å². The van der Waals surface area contributed by atoms with E-state index in [9.17, 15) is 14.4 Å². The molecule has 4 aliphatic carbocycles. The van der Waals surface area contributed by atoms with Crippen molar-refractivity contribution in [3.05, 3.63) is 23.8 Å². The molecular weight excluding hydrogens is 392 g/mol. The summed E-state index contributed by atoms with van der Waals surface area (Å²) >= 11 is 0. The maximum atomic E-state index is 12.2. The minimum Gasteiger partial charge on any atom is -0.466 e. The molecule has 4 rings (SSSR count). The predicted octanol–water partition coefficient (Wildman–Crippen LogP) is 4.94. The number of ketones is 1. The second-order valence-electron chi connectivity index (χ2n) is 10.7. The molecule has 0 unspecified atom stereocenters. The molecule has 0 aliphatic heterocycles. The van der Waals surface area contributed by atoms with E-state index in [2.05, 4.69) is 26.0 Å². The largest absolute Gasteiger partial charge is 0.466 e. The van der Waals surface area contributed by atoms with Crippen LogP contribution >= 0.6 is 0 Å². The van der Waals surface area contributed by atoms with E-state index in [1.807, 2.05) is 6.08 Å². The summed E-state index contributed by atoms with van der Waals surface area (Å²) in [6.07, 6.45) is 13.4. The summed E-state index contributed by atoms with van der Waals surface area (Å²) in [4.78, 5) is 35.3. The van der Waals surface area contributed by atoms with E-state index >= 15 is 0 Å². The van der Waals surface area contributed by atoms with Gasteiger partial charge in [0.05, 0.1) is 6.61 Å². The second kappa shape index (κ2) is 7.90. The molecule has 0 aromatic carbocycles. The summed E-state index contributed by atoms with van der Waals surface area (Å²) in [5.74, 6) is 1.18. The van der Waals surface area contributed by atoms with E-state index in [0.717, 1.165) is 38.5 Å². The Bertz CT molecular complexity index is 841. The maximum absolute atomic E-state index is 12.2. The van der Waals surface area contributed by atoms with Crippen molar-refractivity contribution >= 4 is 17.7 Å². The molecule has 4 aliphatic rings. The lowest BCUT2D eigenvalue weighted by molar-refractivity contribution is -0.182. The molecule has 0 N–H and O–H groups in total. The summed E-state index contributed by atoms with van der Waals surface area (Å²) in [7, 11) is 0. The molecule has 5 nitrogen and oxygen atoms in total. The van der Waals surface area contributed by atoms with Crippen molar-refractivity contribution in [3.63, 3.8) is 0 Å². The smallest absolute Gasteiger partial charge is 0.303 e. The van der Waals surface area contributed by atoms with Gasteiger partial charge in [-0.25, -0.2) is 0 Å². The summed E-state index contributed by atoms with van der Waals surface area (Å²) in [6.45, 7) is 7.97. The Balaban J connectivity index is 1.62. The lowest BCUT2D eigenvalue weighted by Crippen LogP contribution is -2.55. The van der Waals surface area contributed by atoms with E-state index in [4.69, 9.17) is 9.47 Å². The molecule has 2 fully saturated rings. The van der Waals surface area contributed by atoms with Crippen molar-refractivity contribution in [2.75, 3.05) is 6.61 Å². The van der Waals surface area contributed by atoms with E-state index in [0.29, 0.717) is 37.2 Å². The van der Waals surface area contributed by atoms with Crippen molar-refractivity contribution in [2.45, 2.75) is 84.7 Å². The zero-order chi connectivity index (χ0) is 22.4. The van der Waals surface area contributed by atoms with Crippen molar-refractivity contribution in [3.8, 4) is 0 Å². The van der Waals surface area contributed by atoms with Gasteiger partial charge in [-0.05, 0) is 79.8 Å². The highest BCUT2D eigenvalue weighted by molar-refractivity contribution is 5.92. The van der Waals surface area contributed by atoms with Gasteiger partial charge in [0.15, 0.2) is 5.78 Å². The minimum absolute atomic E-state index is 0.0661. The molecule has 170 valence electrons. The third-order valence-electron chi connectivity index (χ3n) is 9.17. The van der Waals surface area contributed by atoms with Gasteiger partial charge in [-0.15, -0.1) is 0 Å². The number of carbonyl (C=O) groups is 3. The Hall–Kier alpha value is -1.91. The molecule has 0 radical (unpaired) electrons. The van der Waals surface area contributed by atoms with Crippen LogP contribution < -0.4 is 0 Å². The average molecular weight is 429 g/mol. The number of hydrogen-bond donors (Lipinski definition) is 0. The Labute approximate surface area is 185 Å². The Morgan fingerprint density at radius 1 is 1.06 bits per heavy atom. The van der Waals surface area contributed by atoms with Crippen molar-refractivity contribution in [2.24, 2.45) is 28.6 Å². The van der Waals surface area contributed by atoms with E-state index < -0.39 is 5.60 Å². The highest BCUT2D eigenvalue weighted by Gasteiger charge is 2.65. The normalized spacial score (nSPS) is 41.0. The fraction of sp³-hybridized carbons (Fsp3) is 0.731. The van der Waals surface area contributed by atoms with Gasteiger partial charge in [-0.2, -0.15) is 0 Å². The number of rotatable bonds is 5. The highest BCUT2D eigenvalue weighted by atomic mass is 16.6. The van der Waals surface area contributed by atoms with Gasteiger partial charge in [-0.1, -0.05) is 26.0 Å². The van der Waals surface area contributed by atoms with Gasteiger partial charge in [0.25, 0.3) is 0 Å². The molecule has 0 aromatic heterocycles. The quantitative estimate of drug-likeness (QED) is 0.458. The topological polar surface area (TPSA) is 69.7 Å². The molecular formula is C26H36O5. The first kappa shape index (κ1) is 22.3. The van der Waals surface area contributed by atoms with Crippen LogP contribution in [-0.2, 0) is 23.9 Å². The maximum Gasteiger partial charge on any atom is 0.303 e. The third kappa shape index (κ3) is 3.58. The first-order valence-electron chi connectivity index (χ1n) is 11.9. The van der Waals surface area contributed by atoms with Gasteiger partial charge in [0.2, 0.25) is 0 Å². The number of ether oxygens (including phenoxy) is 2. The molecule has 0 bridgehead atoms. The van der Waals surface area contributed by atoms with Crippen LogP contribution in [-0.4, -0.2) is 29.9 Å². The Kier molecular flexibility index (Phi) is 5.68. The summed E-state index contributed by atoms with van der Waals surface area (Å²) in [5.41, 5.74) is 0.681. The third-order valence-corrected chi connectivity index (χ3v) is 9.17. The molecule has 6 atom stereocenters. The van der Waals surface area contributed by atoms with Crippen LogP contribution in [0.5, 0.6) is 0 Å². The van der Waals surface area contributed by atoms with Gasteiger partial charge in [0.1, 0.15) is 5.60 Å². The minimum atomic E-state index is -0.498. The molecule has 0 aromatic rings. The number of fused-ring (bicyclic) bond motifs is 5. The number of carbonyl (C=O) groups excluding carboxylic acids is 3. The van der Waals surface area contributed by atoms with Crippen molar-refractivity contribution < 1.29 is 23.9 Å². The van der Waals surface area contributed by atoms with Gasteiger partial charge in [0, 0.05) is 25.7 Å². The van der Waals surface area contributed by atoms with E-state index in [-0.39, 0.29) is 28.6 Å². The first-order chi connectivity index (χ1) is 14.6. The molecule has 2 saturated carbocycles. The van der Waals surface area contributed by atoms with Gasteiger partial charge < -0.3 is 9.47 Å². The molecule has 0 amide bonds. The second-order valence-corrected chi connectivity index (χ2v) is 10.7. The lowest BCUT2D eigenvalue weighted by Gasteiger charge is -2.57. The zero-order valence-corrected chi connectivity index (χ0v) is 19.4. The molecule has 0 heterocycles. The van der Waals surface area contributed by atoms with Crippen molar-refractivity contribution in [1.29, 1.82) is 0 Å². The van der Waals surface area contributed by atoms with Crippen LogP contribution in [0.15, 0.2) is 23.8 Å². The van der Waals surface area contributed by atoms with Crippen LogP contribution in [0.1, 0.15) is 79.1 Å². The molecule has 0 spiro atoms. The average Bonchev–Trinajstić information content (AvgIpc) is 2.97. The van der Waals surface area contributed by atoms with Gasteiger partial charge in [-0.3, -0.25) is 14.4 Å². The standard InChI is InChI=1S/C26H36O5/c1-17(27)30-15-5-11-26(31-18(2)28)14-10-23-21-7-6-19-16-20(29)8-12-24(19,3)22(21)9-13-25(23,26)4/h6-7,16,21-23H,5,8-15H2,1-4H3/t21-,22+,23+,24+,25+,26+/m1/s1. The predicted molar refractivity (Wildman–Crippen MR) is 117 cm³/mol. The van der Waals surface area contributed by atoms with Crippen LogP contribution in [0, 0.1) is 28.6 Å². The van der Waals surface area contributed by atoms with E-state index in [1.54, 1.807) is 0 Å². The molecule has 0 saturated heterocycles. The number of esters is 2. The monoisotopic (exact) mass is 428 g/mol. The highest BCUT2D eigenvalue weighted by Crippen LogP contribution is 2.67. The summed E-state index contributed by atoms with van der Waals surface area (Å²) in [6, 6.07) is 0. The Morgan fingerprint density at radius 2 is 1.81 bits per heavy atom. The zero-order valence-electron chi connectivity index (χ0n) is 19.4. The first-order valence-corrected chi connectivity index (χ1v) is 11.9. The Morgan fingerprint density at radius 3 is 2.52 bits per heavy atom. The van der Waals surface area contributed by atoms with Crippen LogP contribution in [0.3, 0.4) is 0 Å². The number of hydrogen-bond acceptors (Lipinski definition) is 5. The lowest BCUT2D eigenvalue weighted by atomic mass is 9.48. The summed E-state index contributed by atoms with van der Waals surface area (Å²) in [5, 5.41) is 0. The number of allylic oxidation sites excluding steroid dienone is 4. The SMILES string of the molecule is CC(=O)OCCC[C@]1(OC(C)=O)CC[C@H]2[C@@H]3C=CC4=CC(=O)CC[C@]4(C)[C@H]3CC[C@@]21C. The van der Waals surface area contributed by atoms with Gasteiger partial charge >= 0.3 is 11.9 Å². The fourth-order valence-corrected chi connectivity index (χ4v) is 7.57. The van der Waals surface area contributed by atoms with Crippen LogP contribution in [0.2, 0.25) is 0 Å². The van der Waals surface area contributed by atoms with Crippen LogP contribution in [0.4, 0.5) is 0 Å². The molecule has 5 heteroatoms. The molecule has 31 heavy (non-hydrogen) atoms. The van der Waals surface area contributed by atoms with Crippen molar-refractivity contribution in [1.82, 2.24) is 0 Å². The fourth-order valence-electron chi connectivity index (χ4n) is 7.57. The summed E-state index contributed by atoms with van der Waals surface area (Å²) < 4.78 is 11.3.